The Labute approximate surface area is 139 Å². The molecule has 1 heterocycles. The summed E-state index contributed by atoms with van der Waals surface area (Å²) in [5, 5.41) is 7.89. The van der Waals surface area contributed by atoms with Crippen molar-refractivity contribution in [2.45, 2.75) is 19.4 Å². The molecule has 0 saturated heterocycles. The molecule has 0 spiro atoms. The molecule has 0 amide bonds. The van der Waals surface area contributed by atoms with Gasteiger partial charge in [0.15, 0.2) is 5.82 Å². The summed E-state index contributed by atoms with van der Waals surface area (Å²) in [4.78, 5) is 4.35. The Morgan fingerprint density at radius 2 is 2.00 bits per heavy atom. The lowest BCUT2D eigenvalue weighted by molar-refractivity contribution is 0.401. The molecule has 0 fully saturated rings. The summed E-state index contributed by atoms with van der Waals surface area (Å²) in [7, 11) is 3.43. The van der Waals surface area contributed by atoms with E-state index in [-0.39, 0.29) is 18.4 Å². The summed E-state index contributed by atoms with van der Waals surface area (Å²) >= 11 is 12.0. The van der Waals surface area contributed by atoms with Crippen molar-refractivity contribution in [3.05, 3.63) is 28.0 Å². The third-order valence-corrected chi connectivity index (χ3v) is 3.64. The molecular weight excluding hydrogens is 337 g/mol. The van der Waals surface area contributed by atoms with Crippen LogP contribution in [0.15, 0.2) is 16.7 Å². The second-order valence-electron chi connectivity index (χ2n) is 4.38. The summed E-state index contributed by atoms with van der Waals surface area (Å²) in [6.45, 7) is 2.04. The third kappa shape index (κ3) is 4.23. The number of nitrogens with zero attached hydrogens (tertiary/aromatic N) is 2. The topological polar surface area (TPSA) is 60.2 Å². The number of ether oxygens (including phenoxy) is 1. The molecule has 0 aliphatic carbocycles. The number of rotatable bonds is 5. The van der Waals surface area contributed by atoms with Crippen molar-refractivity contribution in [1.29, 1.82) is 0 Å². The Balaban J connectivity index is 0.00000220. The van der Waals surface area contributed by atoms with E-state index < -0.39 is 0 Å². The predicted molar refractivity (Wildman–Crippen MR) is 85.8 cm³/mol. The van der Waals surface area contributed by atoms with Crippen LogP contribution in [-0.4, -0.2) is 30.3 Å². The number of aromatic nitrogens is 2. The summed E-state index contributed by atoms with van der Waals surface area (Å²) in [5.74, 6) is 1.52. The maximum atomic E-state index is 6.02. The summed E-state index contributed by atoms with van der Waals surface area (Å²) in [5.41, 5.74) is 0.623. The SMILES string of the molecule is CNC(C)Cc1noc(-c2cc(Cl)c(Cl)cc2OC)n1.Cl. The van der Waals surface area contributed by atoms with Gasteiger partial charge in [0, 0.05) is 18.5 Å². The van der Waals surface area contributed by atoms with Gasteiger partial charge in [-0.3, -0.25) is 0 Å². The van der Waals surface area contributed by atoms with E-state index >= 15 is 0 Å². The maximum Gasteiger partial charge on any atom is 0.261 e. The van der Waals surface area contributed by atoms with E-state index in [9.17, 15) is 0 Å². The normalized spacial score (nSPS) is 11.9. The highest BCUT2D eigenvalue weighted by Gasteiger charge is 2.17. The van der Waals surface area contributed by atoms with Gasteiger partial charge >= 0.3 is 0 Å². The Hall–Kier alpha value is -1.01. The molecule has 1 aromatic heterocycles. The van der Waals surface area contributed by atoms with Crippen molar-refractivity contribution < 1.29 is 9.26 Å². The van der Waals surface area contributed by atoms with Crippen LogP contribution in [0.3, 0.4) is 0 Å². The fourth-order valence-electron chi connectivity index (χ4n) is 1.69. The van der Waals surface area contributed by atoms with Crippen LogP contribution in [0.1, 0.15) is 12.7 Å². The molecule has 0 aliphatic rings. The minimum atomic E-state index is 0. The second-order valence-corrected chi connectivity index (χ2v) is 5.19. The van der Waals surface area contributed by atoms with Crippen molar-refractivity contribution in [3.8, 4) is 17.2 Å². The lowest BCUT2D eigenvalue weighted by Crippen LogP contribution is -2.24. The number of likely N-dealkylation sites (N-methyl/N-ethyl adjacent to an activating group) is 1. The van der Waals surface area contributed by atoms with E-state index in [0.29, 0.717) is 39.5 Å². The Morgan fingerprint density at radius 1 is 1.33 bits per heavy atom. The van der Waals surface area contributed by atoms with Crippen molar-refractivity contribution in [3.63, 3.8) is 0 Å². The molecule has 2 rings (SSSR count). The average molecular weight is 353 g/mol. The number of nitrogens with one attached hydrogen (secondary N) is 1. The first-order valence-electron chi connectivity index (χ1n) is 6.08. The van der Waals surface area contributed by atoms with E-state index in [2.05, 4.69) is 15.5 Å². The van der Waals surface area contributed by atoms with Gasteiger partial charge in [0.05, 0.1) is 22.7 Å². The van der Waals surface area contributed by atoms with Crippen LogP contribution < -0.4 is 10.1 Å². The van der Waals surface area contributed by atoms with Crippen molar-refractivity contribution in [1.82, 2.24) is 15.5 Å². The van der Waals surface area contributed by atoms with Gasteiger partial charge in [0.2, 0.25) is 0 Å². The van der Waals surface area contributed by atoms with Gasteiger partial charge in [0.25, 0.3) is 5.89 Å². The Kier molecular flexibility index (Phi) is 6.74. The molecule has 21 heavy (non-hydrogen) atoms. The zero-order valence-electron chi connectivity index (χ0n) is 11.8. The third-order valence-electron chi connectivity index (χ3n) is 2.92. The van der Waals surface area contributed by atoms with E-state index in [1.807, 2.05) is 14.0 Å². The van der Waals surface area contributed by atoms with Crippen LogP contribution in [0, 0.1) is 0 Å². The van der Waals surface area contributed by atoms with E-state index in [4.69, 9.17) is 32.5 Å². The average Bonchev–Trinajstić information content (AvgIpc) is 2.89. The highest BCUT2D eigenvalue weighted by atomic mass is 35.5. The number of hydrogen-bond donors (Lipinski definition) is 1. The smallest absolute Gasteiger partial charge is 0.261 e. The number of methoxy groups -OCH3 is 1. The van der Waals surface area contributed by atoms with Gasteiger partial charge in [-0.15, -0.1) is 12.4 Å². The molecule has 5 nitrogen and oxygen atoms in total. The van der Waals surface area contributed by atoms with Gasteiger partial charge in [0.1, 0.15) is 5.75 Å². The lowest BCUT2D eigenvalue weighted by atomic mass is 10.2. The fraction of sp³-hybridized carbons (Fsp3) is 0.385. The van der Waals surface area contributed by atoms with Crippen molar-refractivity contribution in [2.24, 2.45) is 0 Å². The van der Waals surface area contributed by atoms with Crippen LogP contribution in [0.4, 0.5) is 0 Å². The first kappa shape index (κ1) is 18.0. The van der Waals surface area contributed by atoms with E-state index in [0.717, 1.165) is 0 Å². The molecule has 0 aliphatic heterocycles. The van der Waals surface area contributed by atoms with E-state index in [1.54, 1.807) is 19.2 Å². The van der Waals surface area contributed by atoms with Crippen LogP contribution in [0.2, 0.25) is 10.0 Å². The highest BCUT2D eigenvalue weighted by molar-refractivity contribution is 6.42. The Bertz CT molecular complexity index is 604. The standard InChI is InChI=1S/C13H15Cl2N3O2.ClH/c1-7(16-2)4-12-17-13(20-18-12)8-5-9(14)10(15)6-11(8)19-3;/h5-7,16H,4H2,1-3H3;1H. The molecule has 0 saturated carbocycles. The first-order valence-corrected chi connectivity index (χ1v) is 6.84. The van der Waals surface area contributed by atoms with Gasteiger partial charge in [-0.25, -0.2) is 0 Å². The lowest BCUT2D eigenvalue weighted by Gasteiger charge is -2.06. The molecule has 0 bridgehead atoms. The van der Waals surface area contributed by atoms with Gasteiger partial charge in [-0.2, -0.15) is 4.98 Å². The molecule has 2 aromatic rings. The van der Waals surface area contributed by atoms with Crippen LogP contribution >= 0.6 is 35.6 Å². The molecule has 1 unspecified atom stereocenters. The number of halogens is 3. The first-order chi connectivity index (χ1) is 9.55. The summed E-state index contributed by atoms with van der Waals surface area (Å²) in [6, 6.07) is 3.54. The van der Waals surface area contributed by atoms with Crippen molar-refractivity contribution >= 4 is 35.6 Å². The quantitative estimate of drug-likeness (QED) is 0.890. The Morgan fingerprint density at radius 3 is 2.62 bits per heavy atom. The van der Waals surface area contributed by atoms with Crippen LogP contribution in [0.25, 0.3) is 11.5 Å². The van der Waals surface area contributed by atoms with Crippen LogP contribution in [-0.2, 0) is 6.42 Å². The molecule has 1 atom stereocenters. The van der Waals surface area contributed by atoms with Crippen LogP contribution in [0.5, 0.6) is 5.75 Å². The molecule has 1 N–H and O–H groups in total. The minimum absolute atomic E-state index is 0. The largest absolute Gasteiger partial charge is 0.496 e. The zero-order chi connectivity index (χ0) is 14.7. The summed E-state index contributed by atoms with van der Waals surface area (Å²) in [6.07, 6.45) is 0.670. The van der Waals surface area contributed by atoms with Gasteiger partial charge in [-0.05, 0) is 20.0 Å². The second kappa shape index (κ2) is 7.84. The van der Waals surface area contributed by atoms with E-state index in [1.165, 1.54) is 0 Å². The minimum Gasteiger partial charge on any atom is -0.496 e. The maximum absolute atomic E-state index is 6.02. The molecular formula is C13H16Cl3N3O2. The highest BCUT2D eigenvalue weighted by Crippen LogP contribution is 2.36. The fourth-order valence-corrected chi connectivity index (χ4v) is 2.00. The monoisotopic (exact) mass is 351 g/mol. The molecule has 8 heteroatoms. The molecule has 1 aromatic carbocycles. The van der Waals surface area contributed by atoms with Gasteiger partial charge < -0.3 is 14.6 Å². The number of hydrogen-bond acceptors (Lipinski definition) is 5. The molecule has 116 valence electrons. The molecule has 0 radical (unpaired) electrons. The zero-order valence-corrected chi connectivity index (χ0v) is 14.1. The van der Waals surface area contributed by atoms with Crippen molar-refractivity contribution in [2.75, 3.05) is 14.2 Å². The number of benzene rings is 1. The summed E-state index contributed by atoms with van der Waals surface area (Å²) < 4.78 is 10.5. The predicted octanol–water partition coefficient (Wildman–Crippen LogP) is 3.62. The van der Waals surface area contributed by atoms with Gasteiger partial charge in [-0.1, -0.05) is 28.4 Å².